The Labute approximate surface area is 111 Å². The highest BCUT2D eigenvalue weighted by atomic mass is 16.3. The number of aromatic hydroxyl groups is 1. The van der Waals surface area contributed by atoms with Crippen LogP contribution in [0.4, 0.5) is 0 Å². The Morgan fingerprint density at radius 1 is 1.17 bits per heavy atom. The lowest BCUT2D eigenvalue weighted by molar-refractivity contribution is 0.167. The molecule has 0 amide bonds. The molecule has 0 spiro atoms. The molecule has 18 heavy (non-hydrogen) atoms. The molecule has 1 N–H and O–H groups in total. The summed E-state index contributed by atoms with van der Waals surface area (Å²) in [6.07, 6.45) is 3.70. The van der Waals surface area contributed by atoms with Crippen LogP contribution in [-0.4, -0.2) is 5.11 Å². The minimum Gasteiger partial charge on any atom is -0.507 e. The van der Waals surface area contributed by atoms with Crippen molar-refractivity contribution in [1.29, 1.82) is 0 Å². The van der Waals surface area contributed by atoms with Crippen molar-refractivity contribution in [2.75, 3.05) is 0 Å². The van der Waals surface area contributed by atoms with Gasteiger partial charge in [0, 0.05) is 0 Å². The van der Waals surface area contributed by atoms with Crippen molar-refractivity contribution in [2.24, 2.45) is 11.3 Å². The van der Waals surface area contributed by atoms with Gasteiger partial charge in [0.2, 0.25) is 0 Å². The summed E-state index contributed by atoms with van der Waals surface area (Å²) in [5, 5.41) is 10.3. The van der Waals surface area contributed by atoms with E-state index in [4.69, 9.17) is 0 Å². The van der Waals surface area contributed by atoms with Crippen LogP contribution >= 0.6 is 0 Å². The Morgan fingerprint density at radius 2 is 1.83 bits per heavy atom. The van der Waals surface area contributed by atoms with E-state index in [0.717, 1.165) is 11.5 Å². The number of phenols is 1. The Balaban J connectivity index is 2.36. The number of rotatable bonds is 1. The largest absolute Gasteiger partial charge is 0.507 e. The van der Waals surface area contributed by atoms with E-state index in [1.165, 1.54) is 30.4 Å². The third kappa shape index (κ3) is 2.71. The molecule has 0 aliphatic heterocycles. The zero-order chi connectivity index (χ0) is 13.5. The quantitative estimate of drug-likeness (QED) is 0.744. The second-order valence-corrected chi connectivity index (χ2v) is 7.13. The van der Waals surface area contributed by atoms with Gasteiger partial charge in [-0.15, -0.1) is 0 Å². The Morgan fingerprint density at radius 3 is 2.44 bits per heavy atom. The molecule has 2 atom stereocenters. The first-order valence-corrected chi connectivity index (χ1v) is 7.08. The first kappa shape index (κ1) is 13.5. The average Bonchev–Trinajstić information content (AvgIpc) is 2.20. The van der Waals surface area contributed by atoms with Crippen LogP contribution in [0.2, 0.25) is 0 Å². The van der Waals surface area contributed by atoms with Crippen LogP contribution in [0.1, 0.15) is 62.6 Å². The molecule has 1 aliphatic rings. The fraction of sp³-hybridized carbons (Fsp3) is 0.647. The fourth-order valence-corrected chi connectivity index (χ4v) is 3.89. The maximum atomic E-state index is 10.3. The smallest absolute Gasteiger partial charge is 0.121 e. The molecule has 1 saturated carbocycles. The number of hydrogen-bond donors (Lipinski definition) is 1. The summed E-state index contributed by atoms with van der Waals surface area (Å²) in [5.74, 6) is 1.79. The number of benzene rings is 1. The number of aryl methyl sites for hydroxylation is 2. The van der Waals surface area contributed by atoms with Gasteiger partial charge < -0.3 is 5.11 Å². The highest BCUT2D eigenvalue weighted by molar-refractivity contribution is 5.44. The summed E-state index contributed by atoms with van der Waals surface area (Å²) in [7, 11) is 0. The first-order valence-electron chi connectivity index (χ1n) is 7.08. The minimum atomic E-state index is 0.395. The van der Waals surface area contributed by atoms with E-state index in [1.807, 2.05) is 6.92 Å². The molecular formula is C17H26O. The lowest BCUT2D eigenvalue weighted by Gasteiger charge is -2.39. The molecule has 0 saturated heterocycles. The Hall–Kier alpha value is -0.980. The maximum Gasteiger partial charge on any atom is 0.121 e. The molecule has 1 aliphatic carbocycles. The van der Waals surface area contributed by atoms with E-state index in [1.54, 1.807) is 0 Å². The molecule has 1 aromatic rings. The summed E-state index contributed by atoms with van der Waals surface area (Å²) in [5.41, 5.74) is 3.84. The van der Waals surface area contributed by atoms with Crippen molar-refractivity contribution < 1.29 is 5.11 Å². The van der Waals surface area contributed by atoms with Crippen LogP contribution < -0.4 is 0 Å². The highest BCUT2D eigenvalue weighted by Crippen LogP contribution is 2.48. The SMILES string of the molecule is Cc1cc(C)c(O)c(C2CC(C)CC(C)(C)C2)c1. The van der Waals surface area contributed by atoms with E-state index < -0.39 is 0 Å². The topological polar surface area (TPSA) is 20.2 Å². The van der Waals surface area contributed by atoms with E-state index >= 15 is 0 Å². The normalized spacial score (nSPS) is 27.2. The molecule has 0 radical (unpaired) electrons. The lowest BCUT2D eigenvalue weighted by atomic mass is 9.66. The minimum absolute atomic E-state index is 0.395. The van der Waals surface area contributed by atoms with Crippen LogP contribution in [0.15, 0.2) is 12.1 Å². The van der Waals surface area contributed by atoms with Gasteiger partial charge in [0.15, 0.2) is 0 Å². The van der Waals surface area contributed by atoms with Gasteiger partial charge in [-0.25, -0.2) is 0 Å². The zero-order valence-corrected chi connectivity index (χ0v) is 12.4. The van der Waals surface area contributed by atoms with Crippen molar-refractivity contribution in [3.63, 3.8) is 0 Å². The van der Waals surface area contributed by atoms with Gasteiger partial charge in [0.1, 0.15) is 5.75 Å². The monoisotopic (exact) mass is 246 g/mol. The zero-order valence-electron chi connectivity index (χ0n) is 12.4. The predicted octanol–water partition coefficient (Wildman–Crippen LogP) is 4.94. The van der Waals surface area contributed by atoms with Crippen LogP contribution in [0, 0.1) is 25.2 Å². The summed E-state index contributed by atoms with van der Waals surface area (Å²) in [4.78, 5) is 0. The Bertz CT molecular complexity index is 445. The van der Waals surface area contributed by atoms with Gasteiger partial charge in [-0.2, -0.15) is 0 Å². The number of hydrogen-bond acceptors (Lipinski definition) is 1. The second-order valence-electron chi connectivity index (χ2n) is 7.13. The summed E-state index contributed by atoms with van der Waals surface area (Å²) in [6.45, 7) is 11.2. The molecule has 1 nitrogen and oxygen atoms in total. The second kappa shape index (κ2) is 4.60. The molecule has 0 heterocycles. The summed E-state index contributed by atoms with van der Waals surface area (Å²) in [6, 6.07) is 4.25. The molecule has 2 rings (SSSR count). The molecule has 0 aromatic heterocycles. The third-order valence-electron chi connectivity index (χ3n) is 4.30. The molecule has 0 bridgehead atoms. The van der Waals surface area contributed by atoms with Gasteiger partial charge >= 0.3 is 0 Å². The van der Waals surface area contributed by atoms with Gasteiger partial charge in [-0.05, 0) is 61.5 Å². The molecule has 100 valence electrons. The average molecular weight is 246 g/mol. The third-order valence-corrected chi connectivity index (χ3v) is 4.30. The van der Waals surface area contributed by atoms with E-state index in [9.17, 15) is 5.11 Å². The van der Waals surface area contributed by atoms with Crippen molar-refractivity contribution in [1.82, 2.24) is 0 Å². The van der Waals surface area contributed by atoms with Crippen molar-refractivity contribution in [2.45, 2.75) is 59.8 Å². The Kier molecular flexibility index (Phi) is 3.44. The lowest BCUT2D eigenvalue weighted by Crippen LogP contribution is -2.26. The van der Waals surface area contributed by atoms with Crippen LogP contribution in [-0.2, 0) is 0 Å². The predicted molar refractivity (Wildman–Crippen MR) is 77.1 cm³/mol. The van der Waals surface area contributed by atoms with Gasteiger partial charge in [-0.1, -0.05) is 38.5 Å². The fourth-order valence-electron chi connectivity index (χ4n) is 3.89. The van der Waals surface area contributed by atoms with E-state index in [-0.39, 0.29) is 0 Å². The molecule has 1 fully saturated rings. The van der Waals surface area contributed by atoms with Crippen LogP contribution in [0.25, 0.3) is 0 Å². The molecule has 1 heteroatoms. The number of phenolic OH excluding ortho intramolecular Hbond substituents is 1. The standard InChI is InChI=1S/C17H26O/c1-11-6-13(3)16(18)15(8-11)14-7-12(2)9-17(4,5)10-14/h6,8,12,14,18H,7,9-10H2,1-5H3. The van der Waals surface area contributed by atoms with E-state index in [0.29, 0.717) is 17.1 Å². The highest BCUT2D eigenvalue weighted by Gasteiger charge is 2.33. The van der Waals surface area contributed by atoms with Crippen LogP contribution in [0.5, 0.6) is 5.75 Å². The van der Waals surface area contributed by atoms with Gasteiger partial charge in [-0.3, -0.25) is 0 Å². The van der Waals surface area contributed by atoms with Crippen molar-refractivity contribution >= 4 is 0 Å². The van der Waals surface area contributed by atoms with Gasteiger partial charge in [0.05, 0.1) is 0 Å². The summed E-state index contributed by atoms with van der Waals surface area (Å²) >= 11 is 0. The molecule has 1 aromatic carbocycles. The molecule has 2 unspecified atom stereocenters. The summed E-state index contributed by atoms with van der Waals surface area (Å²) < 4.78 is 0. The maximum absolute atomic E-state index is 10.3. The van der Waals surface area contributed by atoms with Crippen molar-refractivity contribution in [3.05, 3.63) is 28.8 Å². The van der Waals surface area contributed by atoms with E-state index in [2.05, 4.69) is 39.8 Å². The first-order chi connectivity index (χ1) is 8.28. The molecular weight excluding hydrogens is 220 g/mol. The van der Waals surface area contributed by atoms with Gasteiger partial charge in [0.25, 0.3) is 0 Å². The van der Waals surface area contributed by atoms with Crippen molar-refractivity contribution in [3.8, 4) is 5.75 Å². The van der Waals surface area contributed by atoms with Crippen LogP contribution in [0.3, 0.4) is 0 Å².